The maximum atomic E-state index is 3.06. The Bertz CT molecular complexity index is 6.00. The minimum atomic E-state index is 0. The second-order valence-corrected chi connectivity index (χ2v) is 0. The summed E-state index contributed by atoms with van der Waals surface area (Å²) in [4.78, 5) is 0. The van der Waals surface area contributed by atoms with Gasteiger partial charge in [-0.25, -0.2) is 0 Å². The normalized spacial score (nSPS) is 1.50. The van der Waals surface area contributed by atoms with Gasteiger partial charge < -0.3 is 32.9 Å². The Morgan fingerprint density at radius 3 is 1.25 bits per heavy atom. The molecule has 3 heteroatoms. The molecule has 0 amide bonds. The number of hydrogen-bond acceptors (Lipinski definition) is 0. The average molecular weight is 239 g/mol. The van der Waals surface area contributed by atoms with Crippen molar-refractivity contribution in [3.8, 4) is 0 Å². The number of hydrogen-bond donors (Lipinski definition) is 0. The molecular formula is CH2Br2Zn. The van der Waals surface area contributed by atoms with Crippen molar-refractivity contribution < 1.29 is 36.5 Å². The van der Waals surface area contributed by atoms with Gasteiger partial charge in [0.05, 0.1) is 0 Å². The van der Waals surface area contributed by atoms with Crippen LogP contribution in [-0.4, -0.2) is 0 Å². The first-order valence-electron chi connectivity index (χ1n) is 0.267. The molecule has 0 atom stereocenters. The fourth-order valence-electron chi connectivity index (χ4n) is 0. The van der Waals surface area contributed by atoms with Crippen LogP contribution in [0.3, 0.4) is 0 Å². The molecule has 0 heterocycles. The van der Waals surface area contributed by atoms with E-state index in [-0.39, 0.29) is 36.5 Å². The van der Waals surface area contributed by atoms with Gasteiger partial charge in [-0.15, -0.1) is 0 Å². The summed E-state index contributed by atoms with van der Waals surface area (Å²) in [5, 5.41) is 0. The van der Waals surface area contributed by atoms with Crippen LogP contribution in [0.5, 0.6) is 0 Å². The van der Waals surface area contributed by atoms with Gasteiger partial charge in [-0.1, -0.05) is 0 Å². The molecule has 0 aliphatic heterocycles. The van der Waals surface area contributed by atoms with Gasteiger partial charge in [0.1, 0.15) is 0 Å². The van der Waals surface area contributed by atoms with Crippen LogP contribution in [0.1, 0.15) is 0 Å². The Balaban J connectivity index is -0.00000000500. The Labute approximate surface area is 58.0 Å². The van der Waals surface area contributed by atoms with Crippen molar-refractivity contribution in [3.05, 3.63) is 5.83 Å². The quantitative estimate of drug-likeness (QED) is 0.345. The molecule has 0 bridgehead atoms. The zero-order chi connectivity index (χ0) is 2.00. The Hall–Kier alpha value is 1.58. The summed E-state index contributed by atoms with van der Waals surface area (Å²) >= 11 is 2.69. The molecule has 0 saturated heterocycles. The van der Waals surface area contributed by atoms with Crippen molar-refractivity contribution in [2.24, 2.45) is 0 Å². The average Bonchev–Trinajstić information content (AvgIpc) is 1.00. The first-order valence-corrected chi connectivity index (χ1v) is 1.39. The van der Waals surface area contributed by atoms with Crippen molar-refractivity contribution in [2.45, 2.75) is 0 Å². The predicted octanol–water partition coefficient (Wildman–Crippen LogP) is -1.83. The molecule has 0 aromatic rings. The SMILES string of the molecule is [Br-].[CH2-]Br.[Zn+2]. The standard InChI is InChI=1S/CH2Br.BrH.Zn/c1-2;;/h1H2;1H;/q-1;;+2/p-1. The topological polar surface area (TPSA) is 0 Å². The second kappa shape index (κ2) is 23.5. The predicted molar refractivity (Wildman–Crippen MR) is 14.3 cm³/mol. The maximum Gasteiger partial charge on any atom is 2.00 e. The van der Waals surface area contributed by atoms with Crippen molar-refractivity contribution in [3.63, 3.8) is 0 Å². The molecule has 0 aliphatic rings. The van der Waals surface area contributed by atoms with E-state index in [0.717, 1.165) is 0 Å². The molecule has 0 unspecified atom stereocenters. The Morgan fingerprint density at radius 1 is 1.25 bits per heavy atom. The first kappa shape index (κ1) is 17.6. The number of halogens is 2. The van der Waals surface area contributed by atoms with Gasteiger partial charge in [-0.05, 0) is 0 Å². The molecule has 0 N–H and O–H groups in total. The van der Waals surface area contributed by atoms with Crippen molar-refractivity contribution >= 4 is 15.9 Å². The summed E-state index contributed by atoms with van der Waals surface area (Å²) in [6.45, 7) is 0. The van der Waals surface area contributed by atoms with E-state index in [1.807, 2.05) is 0 Å². The van der Waals surface area contributed by atoms with Crippen molar-refractivity contribution in [2.75, 3.05) is 0 Å². The van der Waals surface area contributed by atoms with Gasteiger partial charge in [0.2, 0.25) is 0 Å². The zero-order valence-electron chi connectivity index (χ0n) is 2.17. The van der Waals surface area contributed by atoms with Gasteiger partial charge in [0, 0.05) is 0 Å². The Morgan fingerprint density at radius 2 is 1.25 bits per heavy atom. The third kappa shape index (κ3) is 9.54. The summed E-state index contributed by atoms with van der Waals surface area (Å²) in [5.41, 5.74) is 0. The van der Waals surface area contributed by atoms with Gasteiger partial charge in [0.25, 0.3) is 0 Å². The van der Waals surface area contributed by atoms with Gasteiger partial charge >= 0.3 is 19.5 Å². The molecule has 0 rings (SSSR count). The van der Waals surface area contributed by atoms with E-state index in [4.69, 9.17) is 0 Å². The van der Waals surface area contributed by atoms with E-state index in [2.05, 4.69) is 21.8 Å². The summed E-state index contributed by atoms with van der Waals surface area (Å²) in [5.74, 6) is 3.06. The molecule has 0 fully saturated rings. The third-order valence-electron chi connectivity index (χ3n) is 0. The van der Waals surface area contributed by atoms with Crippen LogP contribution < -0.4 is 17.0 Å². The van der Waals surface area contributed by atoms with E-state index in [0.29, 0.717) is 0 Å². The van der Waals surface area contributed by atoms with Crippen LogP contribution in [0.15, 0.2) is 0 Å². The number of rotatable bonds is 0. The van der Waals surface area contributed by atoms with Crippen LogP contribution in [-0.2, 0) is 19.5 Å². The van der Waals surface area contributed by atoms with Gasteiger partial charge in [-0.2, -0.15) is 0 Å². The van der Waals surface area contributed by atoms with Crippen LogP contribution in [0.2, 0.25) is 0 Å². The fourth-order valence-corrected chi connectivity index (χ4v) is 0. The molecule has 0 spiro atoms. The van der Waals surface area contributed by atoms with E-state index in [1.165, 1.54) is 0 Å². The van der Waals surface area contributed by atoms with Crippen molar-refractivity contribution in [1.29, 1.82) is 0 Å². The molecule has 0 aromatic heterocycles. The zero-order valence-corrected chi connectivity index (χ0v) is 8.31. The Kier molecular flexibility index (Phi) is 103. The van der Waals surface area contributed by atoms with Gasteiger partial charge in [-0.3, -0.25) is 5.83 Å². The minimum absolute atomic E-state index is 0. The summed E-state index contributed by atoms with van der Waals surface area (Å²) in [6, 6.07) is 0. The minimum Gasteiger partial charge on any atom is -1.00 e. The monoisotopic (exact) mass is 236 g/mol. The largest absolute Gasteiger partial charge is 2.00 e. The molecular weight excluding hydrogens is 237 g/mol. The van der Waals surface area contributed by atoms with Crippen LogP contribution >= 0.6 is 15.9 Å². The van der Waals surface area contributed by atoms with E-state index in [9.17, 15) is 0 Å². The molecule has 4 heavy (non-hydrogen) atoms. The molecule has 0 aliphatic carbocycles. The first-order chi connectivity index (χ1) is 1.00. The van der Waals surface area contributed by atoms with Crippen molar-refractivity contribution in [1.82, 2.24) is 0 Å². The smallest absolute Gasteiger partial charge is 1.00 e. The molecule has 0 aromatic carbocycles. The maximum absolute atomic E-state index is 3.06. The molecule has 0 nitrogen and oxygen atoms in total. The molecule has 0 radical (unpaired) electrons. The fraction of sp³-hybridized carbons (Fsp3) is 0. The van der Waals surface area contributed by atoms with E-state index in [1.54, 1.807) is 0 Å². The van der Waals surface area contributed by atoms with E-state index >= 15 is 0 Å². The molecule has 22 valence electrons. The second-order valence-electron chi connectivity index (χ2n) is 0. The van der Waals surface area contributed by atoms with Gasteiger partial charge in [0.15, 0.2) is 0 Å². The van der Waals surface area contributed by atoms with E-state index < -0.39 is 0 Å². The third-order valence-corrected chi connectivity index (χ3v) is 0. The summed E-state index contributed by atoms with van der Waals surface area (Å²) in [6.07, 6.45) is 0. The van der Waals surface area contributed by atoms with Crippen LogP contribution in [0.4, 0.5) is 0 Å². The molecule has 0 saturated carbocycles. The van der Waals surface area contributed by atoms with Crippen LogP contribution in [0.25, 0.3) is 0 Å². The van der Waals surface area contributed by atoms with Crippen LogP contribution in [0, 0.1) is 5.83 Å². The summed E-state index contributed by atoms with van der Waals surface area (Å²) in [7, 11) is 0. The summed E-state index contributed by atoms with van der Waals surface area (Å²) < 4.78 is 0.